The summed E-state index contributed by atoms with van der Waals surface area (Å²) in [4.78, 5) is 39.8. The highest BCUT2D eigenvalue weighted by Gasteiger charge is 2.43. The summed E-state index contributed by atoms with van der Waals surface area (Å²) in [5, 5.41) is 10.8. The predicted octanol–water partition coefficient (Wildman–Crippen LogP) is 1.84. The van der Waals surface area contributed by atoms with Crippen LogP contribution in [-0.4, -0.2) is 53.8 Å². The molecule has 8 heteroatoms. The van der Waals surface area contributed by atoms with E-state index < -0.39 is 0 Å². The van der Waals surface area contributed by atoms with Crippen LogP contribution in [0.4, 0.5) is 5.69 Å². The average Bonchev–Trinajstić information content (AvgIpc) is 3.39. The molecule has 1 aromatic carbocycles. The molecule has 2 saturated heterocycles. The van der Waals surface area contributed by atoms with Crippen LogP contribution in [-0.2, 0) is 9.59 Å². The number of carbonyl (C=O) groups excluding carboxylic acids is 3. The third kappa shape index (κ3) is 4.65. The number of hydrogen-bond acceptors (Lipinski definition) is 5. The summed E-state index contributed by atoms with van der Waals surface area (Å²) < 4.78 is 0. The zero-order valence-electron chi connectivity index (χ0n) is 16.0. The molecule has 4 rings (SSSR count). The van der Waals surface area contributed by atoms with Crippen molar-refractivity contribution in [2.24, 2.45) is 0 Å². The molecule has 29 heavy (non-hydrogen) atoms. The molecule has 7 nitrogen and oxygen atoms in total. The number of carbonyl (C=O) groups is 3. The third-order valence-electron chi connectivity index (χ3n) is 5.47. The Morgan fingerprint density at radius 1 is 1.17 bits per heavy atom. The van der Waals surface area contributed by atoms with Gasteiger partial charge in [0.2, 0.25) is 11.8 Å². The van der Waals surface area contributed by atoms with E-state index in [1.165, 1.54) is 11.3 Å². The van der Waals surface area contributed by atoms with Crippen molar-refractivity contribution in [1.82, 2.24) is 15.5 Å². The molecule has 1 aromatic heterocycles. The Morgan fingerprint density at radius 3 is 2.76 bits per heavy atom. The smallest absolute Gasteiger partial charge is 0.261 e. The first kappa shape index (κ1) is 19.6. The van der Waals surface area contributed by atoms with Crippen molar-refractivity contribution in [3.05, 3.63) is 52.7 Å². The number of thiophene rings is 1. The number of para-hydroxylation sites is 1. The zero-order valence-corrected chi connectivity index (χ0v) is 16.8. The Kier molecular flexibility index (Phi) is 5.92. The van der Waals surface area contributed by atoms with Crippen LogP contribution in [0.25, 0.3) is 0 Å². The van der Waals surface area contributed by atoms with Crippen LogP contribution in [0.1, 0.15) is 28.9 Å². The molecule has 2 fully saturated rings. The molecule has 2 aliphatic rings. The van der Waals surface area contributed by atoms with Crippen molar-refractivity contribution >= 4 is 34.7 Å². The normalized spacial score (nSPS) is 23.9. The first-order valence-corrected chi connectivity index (χ1v) is 10.7. The fraction of sp³-hybridized carbons (Fsp3) is 0.381. The molecule has 0 spiro atoms. The quantitative estimate of drug-likeness (QED) is 0.675. The molecule has 0 radical (unpaired) electrons. The van der Waals surface area contributed by atoms with E-state index >= 15 is 0 Å². The second-order valence-corrected chi connectivity index (χ2v) is 8.40. The van der Waals surface area contributed by atoms with Crippen molar-refractivity contribution in [2.75, 3.05) is 18.4 Å². The lowest BCUT2D eigenvalue weighted by atomic mass is 10.0. The highest BCUT2D eigenvalue weighted by molar-refractivity contribution is 7.12. The van der Waals surface area contributed by atoms with Crippen molar-refractivity contribution in [2.45, 2.75) is 37.4 Å². The van der Waals surface area contributed by atoms with Gasteiger partial charge in [0.25, 0.3) is 5.91 Å². The molecule has 2 aliphatic heterocycles. The second kappa shape index (κ2) is 8.75. The van der Waals surface area contributed by atoms with Crippen molar-refractivity contribution < 1.29 is 14.4 Å². The molecule has 3 N–H and O–H groups in total. The Labute approximate surface area is 173 Å². The van der Waals surface area contributed by atoms with Gasteiger partial charge in [0, 0.05) is 37.3 Å². The van der Waals surface area contributed by atoms with Gasteiger partial charge < -0.3 is 16.0 Å². The summed E-state index contributed by atoms with van der Waals surface area (Å²) in [5.41, 5.74) is 0.782. The first-order valence-electron chi connectivity index (χ1n) is 9.83. The van der Waals surface area contributed by atoms with E-state index in [0.717, 1.165) is 5.69 Å². The van der Waals surface area contributed by atoms with Crippen molar-refractivity contribution in [3.8, 4) is 0 Å². The van der Waals surface area contributed by atoms with Gasteiger partial charge in [-0.1, -0.05) is 24.3 Å². The highest BCUT2D eigenvalue weighted by atomic mass is 32.1. The van der Waals surface area contributed by atoms with E-state index in [0.29, 0.717) is 37.2 Å². The van der Waals surface area contributed by atoms with E-state index in [1.807, 2.05) is 41.8 Å². The molecular weight excluding hydrogens is 388 g/mol. The van der Waals surface area contributed by atoms with Gasteiger partial charge >= 0.3 is 0 Å². The number of nitrogens with one attached hydrogen (secondary N) is 3. The Hall–Kier alpha value is -2.71. The van der Waals surface area contributed by atoms with Crippen molar-refractivity contribution in [3.63, 3.8) is 0 Å². The third-order valence-corrected chi connectivity index (χ3v) is 6.33. The van der Waals surface area contributed by atoms with Crippen LogP contribution in [0.15, 0.2) is 47.8 Å². The number of amides is 3. The molecule has 0 bridgehead atoms. The molecular formula is C21H24N4O3S. The van der Waals surface area contributed by atoms with Crippen LogP contribution in [0.3, 0.4) is 0 Å². The number of benzene rings is 1. The standard InChI is InChI=1S/C21H24N4O3S/c26-19(23-14-5-2-1-3-6-14)9-8-16-12-22-20(27)17-11-15(13-25(16)17)24-21(28)18-7-4-10-29-18/h1-7,10,15-17H,8-9,11-13H2,(H,22,27)(H,23,26)(H,24,28). The zero-order chi connectivity index (χ0) is 20.2. The maximum Gasteiger partial charge on any atom is 0.261 e. The topological polar surface area (TPSA) is 90.5 Å². The lowest BCUT2D eigenvalue weighted by molar-refractivity contribution is -0.129. The Morgan fingerprint density at radius 2 is 2.00 bits per heavy atom. The summed E-state index contributed by atoms with van der Waals surface area (Å²) in [6, 6.07) is 12.8. The fourth-order valence-corrected chi connectivity index (χ4v) is 4.68. The number of piperazine rings is 1. The first-order chi connectivity index (χ1) is 14.1. The molecule has 0 aliphatic carbocycles. The molecule has 2 aromatic rings. The van der Waals surface area contributed by atoms with Gasteiger partial charge in [-0.15, -0.1) is 11.3 Å². The minimum Gasteiger partial charge on any atom is -0.353 e. The van der Waals surface area contributed by atoms with Crippen LogP contribution in [0.5, 0.6) is 0 Å². The second-order valence-electron chi connectivity index (χ2n) is 7.45. The van der Waals surface area contributed by atoms with Gasteiger partial charge in [0.1, 0.15) is 0 Å². The minimum atomic E-state index is -0.250. The molecule has 3 heterocycles. The summed E-state index contributed by atoms with van der Waals surface area (Å²) in [7, 11) is 0. The predicted molar refractivity (Wildman–Crippen MR) is 112 cm³/mol. The van der Waals surface area contributed by atoms with Gasteiger partial charge in [-0.2, -0.15) is 0 Å². The van der Waals surface area contributed by atoms with E-state index in [1.54, 1.807) is 6.07 Å². The lowest BCUT2D eigenvalue weighted by Crippen LogP contribution is -2.57. The number of rotatable bonds is 6. The van der Waals surface area contributed by atoms with Crippen molar-refractivity contribution in [1.29, 1.82) is 0 Å². The molecule has 3 unspecified atom stereocenters. The molecule has 152 valence electrons. The number of anilines is 1. The molecule has 3 atom stereocenters. The Bertz CT molecular complexity index is 871. The number of hydrogen-bond donors (Lipinski definition) is 3. The molecule has 3 amide bonds. The number of nitrogens with zero attached hydrogens (tertiary/aromatic N) is 1. The van der Waals surface area contributed by atoms with E-state index in [9.17, 15) is 14.4 Å². The Balaban J connectivity index is 1.32. The van der Waals surface area contributed by atoms with E-state index in [4.69, 9.17) is 0 Å². The summed E-state index contributed by atoms with van der Waals surface area (Å²) >= 11 is 1.40. The van der Waals surface area contributed by atoms with Crippen LogP contribution < -0.4 is 16.0 Å². The van der Waals surface area contributed by atoms with E-state index in [2.05, 4.69) is 20.9 Å². The summed E-state index contributed by atoms with van der Waals surface area (Å²) in [5.74, 6) is -0.127. The SMILES string of the molecule is O=C(CCC1CNC(=O)C2CC(NC(=O)c3cccs3)CN12)Nc1ccccc1. The van der Waals surface area contributed by atoms with Crippen LogP contribution in [0.2, 0.25) is 0 Å². The minimum absolute atomic E-state index is 0.00265. The van der Waals surface area contributed by atoms with Gasteiger partial charge in [-0.3, -0.25) is 19.3 Å². The lowest BCUT2D eigenvalue weighted by Gasteiger charge is -2.37. The highest BCUT2D eigenvalue weighted by Crippen LogP contribution is 2.26. The summed E-state index contributed by atoms with van der Waals surface area (Å²) in [6.45, 7) is 1.15. The van der Waals surface area contributed by atoms with Crippen LogP contribution >= 0.6 is 11.3 Å². The summed E-state index contributed by atoms with van der Waals surface area (Å²) in [6.07, 6.45) is 1.63. The van der Waals surface area contributed by atoms with E-state index in [-0.39, 0.29) is 35.8 Å². The van der Waals surface area contributed by atoms with Gasteiger partial charge in [0.05, 0.1) is 10.9 Å². The largest absolute Gasteiger partial charge is 0.353 e. The maximum atomic E-state index is 12.3. The number of fused-ring (bicyclic) bond motifs is 1. The van der Waals surface area contributed by atoms with Gasteiger partial charge in [0.15, 0.2) is 0 Å². The molecule has 0 saturated carbocycles. The average molecular weight is 413 g/mol. The van der Waals surface area contributed by atoms with Gasteiger partial charge in [-0.05, 0) is 36.4 Å². The monoisotopic (exact) mass is 412 g/mol. The van der Waals surface area contributed by atoms with Gasteiger partial charge in [-0.25, -0.2) is 0 Å². The fourth-order valence-electron chi connectivity index (χ4n) is 4.06. The van der Waals surface area contributed by atoms with Crippen LogP contribution in [0, 0.1) is 0 Å². The maximum absolute atomic E-state index is 12.3.